The highest BCUT2D eigenvalue weighted by Crippen LogP contribution is 2.57. The van der Waals surface area contributed by atoms with Crippen LogP contribution < -0.4 is 5.73 Å². The molecular formula is C14H24N2O. The predicted octanol–water partition coefficient (Wildman–Crippen LogP) is 1.76. The average molecular weight is 236 g/mol. The predicted molar refractivity (Wildman–Crippen MR) is 67.3 cm³/mol. The highest BCUT2D eigenvalue weighted by Gasteiger charge is 2.53. The van der Waals surface area contributed by atoms with Crippen molar-refractivity contribution in [2.45, 2.75) is 50.5 Å². The number of carbonyl (C=O) groups excluding carboxylic acids is 1. The lowest BCUT2D eigenvalue weighted by Gasteiger charge is -2.59. The van der Waals surface area contributed by atoms with Crippen LogP contribution in [0, 0.1) is 17.8 Å². The molecule has 96 valence electrons. The van der Waals surface area contributed by atoms with Crippen LogP contribution in [0.4, 0.5) is 0 Å². The van der Waals surface area contributed by atoms with Crippen LogP contribution in [0.15, 0.2) is 0 Å². The first-order valence-electron chi connectivity index (χ1n) is 7.10. The minimum absolute atomic E-state index is 0.209. The highest BCUT2D eigenvalue weighted by molar-refractivity contribution is 5.77. The molecule has 0 atom stereocenters. The molecule has 4 aliphatic carbocycles. The van der Waals surface area contributed by atoms with Crippen molar-refractivity contribution in [1.82, 2.24) is 4.90 Å². The van der Waals surface area contributed by atoms with Crippen LogP contribution in [-0.2, 0) is 4.79 Å². The molecular weight excluding hydrogens is 212 g/mol. The molecule has 2 N–H and O–H groups in total. The summed E-state index contributed by atoms with van der Waals surface area (Å²) in [5.41, 5.74) is 5.72. The number of hydrogen-bond donors (Lipinski definition) is 1. The second-order valence-corrected chi connectivity index (χ2v) is 6.63. The third kappa shape index (κ3) is 1.79. The van der Waals surface area contributed by atoms with Crippen LogP contribution in [0.25, 0.3) is 0 Å². The van der Waals surface area contributed by atoms with Crippen molar-refractivity contribution in [2.75, 3.05) is 13.6 Å². The molecule has 4 fully saturated rings. The van der Waals surface area contributed by atoms with Crippen LogP contribution in [0.1, 0.15) is 44.9 Å². The minimum atomic E-state index is 0.209. The fourth-order valence-corrected chi connectivity index (χ4v) is 5.03. The zero-order valence-electron chi connectivity index (χ0n) is 10.8. The summed E-state index contributed by atoms with van der Waals surface area (Å²) in [5, 5.41) is 0. The summed E-state index contributed by atoms with van der Waals surface area (Å²) >= 11 is 0. The zero-order valence-corrected chi connectivity index (χ0v) is 10.8. The quantitative estimate of drug-likeness (QED) is 0.811. The van der Waals surface area contributed by atoms with Gasteiger partial charge in [-0.05, 0) is 56.3 Å². The molecule has 3 nitrogen and oxygen atoms in total. The average Bonchev–Trinajstić information content (AvgIpc) is 2.26. The molecule has 1 amide bonds. The molecule has 0 saturated heterocycles. The number of carbonyl (C=O) groups is 1. The lowest BCUT2D eigenvalue weighted by molar-refractivity contribution is -0.147. The van der Waals surface area contributed by atoms with Gasteiger partial charge in [-0.1, -0.05) is 0 Å². The van der Waals surface area contributed by atoms with Crippen LogP contribution in [0.3, 0.4) is 0 Å². The zero-order chi connectivity index (χ0) is 12.0. The van der Waals surface area contributed by atoms with Gasteiger partial charge in [0.2, 0.25) is 5.91 Å². The Morgan fingerprint density at radius 2 is 1.65 bits per heavy atom. The maximum absolute atomic E-state index is 12.1. The van der Waals surface area contributed by atoms with Gasteiger partial charge >= 0.3 is 0 Å². The van der Waals surface area contributed by atoms with Gasteiger partial charge in [0.05, 0.1) is 0 Å². The van der Waals surface area contributed by atoms with E-state index in [4.69, 9.17) is 5.73 Å². The monoisotopic (exact) mass is 236 g/mol. The molecule has 4 bridgehead atoms. The van der Waals surface area contributed by atoms with Gasteiger partial charge in [0.15, 0.2) is 0 Å². The second-order valence-electron chi connectivity index (χ2n) is 6.63. The summed E-state index contributed by atoms with van der Waals surface area (Å²) < 4.78 is 0. The molecule has 0 aromatic rings. The Balaban J connectivity index is 1.79. The summed E-state index contributed by atoms with van der Waals surface area (Å²) in [6.45, 7) is 0.482. The molecule has 0 unspecified atom stereocenters. The summed E-state index contributed by atoms with van der Waals surface area (Å²) in [7, 11) is 2.02. The van der Waals surface area contributed by atoms with Crippen molar-refractivity contribution < 1.29 is 4.79 Å². The van der Waals surface area contributed by atoms with Crippen molar-refractivity contribution in [3.05, 3.63) is 0 Å². The van der Waals surface area contributed by atoms with E-state index >= 15 is 0 Å². The van der Waals surface area contributed by atoms with E-state index < -0.39 is 0 Å². The lowest BCUT2D eigenvalue weighted by atomic mass is 9.52. The Bertz CT molecular complexity index is 291. The van der Waals surface area contributed by atoms with Crippen LogP contribution in [0.5, 0.6) is 0 Å². The Morgan fingerprint density at radius 3 is 2.06 bits per heavy atom. The maximum Gasteiger partial charge on any atom is 0.224 e. The summed E-state index contributed by atoms with van der Waals surface area (Å²) in [6, 6.07) is 0. The Morgan fingerprint density at radius 1 is 1.18 bits per heavy atom. The number of nitrogens with two attached hydrogens (primary N) is 1. The van der Waals surface area contributed by atoms with E-state index in [1.807, 2.05) is 7.05 Å². The number of rotatable bonds is 3. The summed E-state index contributed by atoms with van der Waals surface area (Å²) in [6.07, 6.45) is 8.57. The number of amides is 1. The summed E-state index contributed by atoms with van der Waals surface area (Å²) in [5.74, 6) is 2.95. The number of nitrogens with zero attached hydrogens (tertiary/aromatic N) is 1. The molecule has 4 aliphatic rings. The standard InChI is InChI=1S/C14H24N2O/c1-16(13(17)2-3-15)14-7-10-4-11(8-14)6-12(5-10)9-14/h10-12H,2-9,15H2,1H3. The van der Waals surface area contributed by atoms with Gasteiger partial charge in [0.1, 0.15) is 0 Å². The molecule has 0 radical (unpaired) electrons. The maximum atomic E-state index is 12.1. The van der Waals surface area contributed by atoms with E-state index in [2.05, 4.69) is 4.90 Å². The van der Waals surface area contributed by atoms with E-state index in [1.165, 1.54) is 38.5 Å². The molecule has 4 rings (SSSR count). The van der Waals surface area contributed by atoms with Crippen LogP contribution in [-0.4, -0.2) is 29.9 Å². The van der Waals surface area contributed by atoms with Crippen molar-refractivity contribution in [3.8, 4) is 0 Å². The molecule has 4 saturated carbocycles. The largest absolute Gasteiger partial charge is 0.340 e. The van der Waals surface area contributed by atoms with E-state index in [0.717, 1.165) is 17.8 Å². The summed E-state index contributed by atoms with van der Waals surface area (Å²) in [4.78, 5) is 14.2. The van der Waals surface area contributed by atoms with E-state index in [9.17, 15) is 4.79 Å². The minimum Gasteiger partial charge on any atom is -0.340 e. The van der Waals surface area contributed by atoms with Gasteiger partial charge in [0.25, 0.3) is 0 Å². The molecule has 0 aliphatic heterocycles. The van der Waals surface area contributed by atoms with Crippen molar-refractivity contribution in [1.29, 1.82) is 0 Å². The molecule has 0 spiro atoms. The third-order valence-corrected chi connectivity index (χ3v) is 5.45. The highest BCUT2D eigenvalue weighted by atomic mass is 16.2. The molecule has 0 heterocycles. The SMILES string of the molecule is CN(C(=O)CCN)C12CC3CC(CC(C3)C1)C2. The fourth-order valence-electron chi connectivity index (χ4n) is 5.03. The smallest absolute Gasteiger partial charge is 0.224 e. The number of hydrogen-bond acceptors (Lipinski definition) is 2. The van der Waals surface area contributed by atoms with E-state index in [-0.39, 0.29) is 11.4 Å². The fraction of sp³-hybridized carbons (Fsp3) is 0.929. The van der Waals surface area contributed by atoms with Crippen molar-refractivity contribution in [3.63, 3.8) is 0 Å². The topological polar surface area (TPSA) is 46.3 Å². The van der Waals surface area contributed by atoms with Gasteiger partial charge in [-0.3, -0.25) is 4.79 Å². The van der Waals surface area contributed by atoms with Crippen LogP contribution >= 0.6 is 0 Å². The van der Waals surface area contributed by atoms with Crippen LogP contribution in [0.2, 0.25) is 0 Å². The molecule has 3 heteroatoms. The van der Waals surface area contributed by atoms with Crippen molar-refractivity contribution in [2.24, 2.45) is 23.5 Å². The van der Waals surface area contributed by atoms with Gasteiger partial charge < -0.3 is 10.6 Å². The van der Waals surface area contributed by atoms with E-state index in [0.29, 0.717) is 13.0 Å². The molecule has 0 aromatic heterocycles. The second kappa shape index (κ2) is 3.98. The van der Waals surface area contributed by atoms with Gasteiger partial charge in [-0.15, -0.1) is 0 Å². The van der Waals surface area contributed by atoms with Crippen molar-refractivity contribution >= 4 is 5.91 Å². The van der Waals surface area contributed by atoms with E-state index in [1.54, 1.807) is 0 Å². The Kier molecular flexibility index (Phi) is 2.69. The lowest BCUT2D eigenvalue weighted by Crippen LogP contribution is -2.60. The van der Waals surface area contributed by atoms with Gasteiger partial charge in [-0.25, -0.2) is 0 Å². The normalized spacial score (nSPS) is 42.8. The van der Waals surface area contributed by atoms with Gasteiger partial charge in [0, 0.05) is 25.6 Å². The first kappa shape index (κ1) is 11.5. The first-order chi connectivity index (χ1) is 8.13. The third-order valence-electron chi connectivity index (χ3n) is 5.45. The first-order valence-corrected chi connectivity index (χ1v) is 7.10. The molecule has 17 heavy (non-hydrogen) atoms. The van der Waals surface area contributed by atoms with Gasteiger partial charge in [-0.2, -0.15) is 0 Å². The Hall–Kier alpha value is -0.570. The molecule has 0 aromatic carbocycles. The Labute approximate surface area is 104 Å².